The number of likely N-dealkylation sites (tertiary alicyclic amines) is 1. The Balaban J connectivity index is 1.27. The molecule has 6 aliphatic rings. The zero-order valence-corrected chi connectivity index (χ0v) is 24.3. The van der Waals surface area contributed by atoms with Gasteiger partial charge in [-0.15, -0.1) is 0 Å². The number of nitrogens with zero attached hydrogens (tertiary/aromatic N) is 2. The van der Waals surface area contributed by atoms with Gasteiger partial charge in [-0.1, -0.05) is 20.4 Å². The van der Waals surface area contributed by atoms with Gasteiger partial charge in [-0.05, 0) is 73.7 Å². The van der Waals surface area contributed by atoms with Crippen molar-refractivity contribution in [1.82, 2.24) is 4.90 Å². The van der Waals surface area contributed by atoms with Crippen LogP contribution in [0.25, 0.3) is 0 Å². The normalized spacial score (nSPS) is 48.5. The van der Waals surface area contributed by atoms with Gasteiger partial charge in [-0.25, -0.2) is 0 Å². The van der Waals surface area contributed by atoms with Crippen LogP contribution in [-0.4, -0.2) is 90.7 Å². The summed E-state index contributed by atoms with van der Waals surface area (Å²) in [5.41, 5.74) is 0.316. The fourth-order valence-corrected chi connectivity index (χ4v) is 11.3. The van der Waals surface area contributed by atoms with E-state index in [0.717, 1.165) is 56.6 Å². The first-order chi connectivity index (χ1) is 18.2. The summed E-state index contributed by atoms with van der Waals surface area (Å²) in [5, 5.41) is 12.0. The van der Waals surface area contributed by atoms with Crippen LogP contribution in [0.4, 0.5) is 0 Å². The minimum atomic E-state index is -0.196. The monoisotopic (exact) mass is 529 g/mol. The van der Waals surface area contributed by atoms with Crippen LogP contribution in [-0.2, 0) is 14.3 Å². The fourth-order valence-electron chi connectivity index (χ4n) is 11.3. The van der Waals surface area contributed by atoms with E-state index >= 15 is 0 Å². The summed E-state index contributed by atoms with van der Waals surface area (Å²) in [4.78, 5) is 14.7. The van der Waals surface area contributed by atoms with Crippen molar-refractivity contribution in [3.05, 3.63) is 12.7 Å². The first-order valence-corrected chi connectivity index (χ1v) is 15.9. The SMILES string of the molecule is C=CC[N+]1(C2CC3C4CCC5CC(OC(C)=O)C(N6CCOCC6)CC5(C)C4CCC3(C)C2O)CCCC1. The maximum absolute atomic E-state index is 12.1. The number of carbonyl (C=O) groups is 1. The predicted octanol–water partition coefficient (Wildman–Crippen LogP) is 4.41. The summed E-state index contributed by atoms with van der Waals surface area (Å²) in [7, 11) is 0. The molecular formula is C32H53N2O4+. The number of morpholine rings is 1. The maximum Gasteiger partial charge on any atom is 0.302 e. The molecule has 2 saturated heterocycles. The van der Waals surface area contributed by atoms with Crippen molar-refractivity contribution in [3.8, 4) is 0 Å². The van der Waals surface area contributed by atoms with Crippen molar-refractivity contribution in [2.45, 2.75) is 103 Å². The number of ether oxygens (including phenoxy) is 2. The number of aliphatic hydroxyl groups is 1. The van der Waals surface area contributed by atoms with Gasteiger partial charge < -0.3 is 19.1 Å². The van der Waals surface area contributed by atoms with Crippen LogP contribution in [0.2, 0.25) is 0 Å². The van der Waals surface area contributed by atoms with Crippen LogP contribution >= 0.6 is 0 Å². The van der Waals surface area contributed by atoms with E-state index in [1.807, 2.05) is 0 Å². The molecule has 6 fully saturated rings. The van der Waals surface area contributed by atoms with Crippen molar-refractivity contribution >= 4 is 5.97 Å². The fraction of sp³-hybridized carbons (Fsp3) is 0.906. The zero-order valence-electron chi connectivity index (χ0n) is 24.3. The minimum absolute atomic E-state index is 0.00481. The van der Waals surface area contributed by atoms with Crippen molar-refractivity contribution in [2.75, 3.05) is 45.9 Å². The zero-order chi connectivity index (χ0) is 26.7. The summed E-state index contributed by atoms with van der Waals surface area (Å²) < 4.78 is 12.8. The van der Waals surface area contributed by atoms with Crippen LogP contribution in [0.15, 0.2) is 12.7 Å². The van der Waals surface area contributed by atoms with Crippen LogP contribution in [0.3, 0.4) is 0 Å². The highest BCUT2D eigenvalue weighted by Gasteiger charge is 2.66. The van der Waals surface area contributed by atoms with Crippen LogP contribution < -0.4 is 0 Å². The van der Waals surface area contributed by atoms with E-state index in [-0.39, 0.29) is 29.0 Å². The molecule has 0 aromatic rings. The molecule has 1 N–H and O–H groups in total. The molecular weight excluding hydrogens is 476 g/mol. The van der Waals surface area contributed by atoms with Crippen molar-refractivity contribution in [2.24, 2.45) is 34.5 Å². The van der Waals surface area contributed by atoms with Gasteiger partial charge >= 0.3 is 5.97 Å². The topological polar surface area (TPSA) is 59.0 Å². The number of fused-ring (bicyclic) bond motifs is 5. The van der Waals surface area contributed by atoms with Crippen LogP contribution in [0, 0.1) is 34.5 Å². The number of rotatable bonds is 5. The molecule has 6 heteroatoms. The second kappa shape index (κ2) is 10.2. The summed E-state index contributed by atoms with van der Waals surface area (Å²) in [6.45, 7) is 17.6. The molecule has 2 heterocycles. The van der Waals surface area contributed by atoms with Crippen LogP contribution in [0.5, 0.6) is 0 Å². The molecule has 4 aliphatic carbocycles. The maximum atomic E-state index is 12.1. The van der Waals surface area contributed by atoms with Gasteiger partial charge in [0.15, 0.2) is 0 Å². The van der Waals surface area contributed by atoms with Gasteiger partial charge in [0.25, 0.3) is 0 Å². The molecule has 2 aliphatic heterocycles. The highest BCUT2D eigenvalue weighted by atomic mass is 16.5. The average Bonchev–Trinajstić information content (AvgIpc) is 3.47. The number of quaternary nitrogens is 1. The first kappa shape index (κ1) is 27.2. The van der Waals surface area contributed by atoms with Gasteiger partial charge in [0.2, 0.25) is 0 Å². The predicted molar refractivity (Wildman–Crippen MR) is 148 cm³/mol. The molecule has 214 valence electrons. The van der Waals surface area contributed by atoms with E-state index in [9.17, 15) is 9.90 Å². The number of carbonyl (C=O) groups excluding carboxylic acids is 1. The molecule has 4 saturated carbocycles. The number of hydrogen-bond donors (Lipinski definition) is 1. The van der Waals surface area contributed by atoms with E-state index in [1.54, 1.807) is 6.92 Å². The standard InChI is InChI=1S/C32H53N2O4/c1-5-14-34(15-6-7-16-34)28-20-26-24-9-8-23-19-29(38-22(2)35)27(33-12-17-37-18-13-33)21-32(23,4)25(24)10-11-31(26,3)30(28)36/h5,23-30,36H,1,6-21H2,2-4H3/q+1. The molecule has 0 amide bonds. The van der Waals surface area contributed by atoms with E-state index in [2.05, 4.69) is 31.4 Å². The Bertz CT molecular complexity index is 898. The molecule has 0 radical (unpaired) electrons. The Kier molecular flexibility index (Phi) is 7.27. The lowest BCUT2D eigenvalue weighted by Crippen LogP contribution is -2.61. The molecule has 10 unspecified atom stereocenters. The van der Waals surface area contributed by atoms with E-state index < -0.39 is 0 Å². The quantitative estimate of drug-likeness (QED) is 0.325. The summed E-state index contributed by atoms with van der Waals surface area (Å²) in [6.07, 6.45) is 12.7. The number of aliphatic hydroxyl groups excluding tert-OH is 1. The van der Waals surface area contributed by atoms with Gasteiger partial charge in [0.1, 0.15) is 18.2 Å². The van der Waals surface area contributed by atoms with E-state index in [1.165, 1.54) is 51.6 Å². The van der Waals surface area contributed by atoms with Crippen molar-refractivity contribution in [1.29, 1.82) is 0 Å². The number of esters is 1. The molecule has 6 rings (SSSR count). The Morgan fingerprint density at radius 2 is 1.84 bits per heavy atom. The van der Waals surface area contributed by atoms with Crippen molar-refractivity contribution < 1.29 is 23.9 Å². The van der Waals surface area contributed by atoms with E-state index in [4.69, 9.17) is 9.47 Å². The van der Waals surface area contributed by atoms with Gasteiger partial charge in [0.05, 0.1) is 32.8 Å². The lowest BCUT2D eigenvalue weighted by molar-refractivity contribution is -0.938. The van der Waals surface area contributed by atoms with Gasteiger partial charge in [0, 0.05) is 50.7 Å². The summed E-state index contributed by atoms with van der Waals surface area (Å²) >= 11 is 0. The van der Waals surface area contributed by atoms with Crippen molar-refractivity contribution in [3.63, 3.8) is 0 Å². The molecule has 0 aromatic heterocycles. The highest BCUT2D eigenvalue weighted by Crippen LogP contribution is 2.67. The Morgan fingerprint density at radius 3 is 2.53 bits per heavy atom. The van der Waals surface area contributed by atoms with Gasteiger partial charge in [-0.3, -0.25) is 9.69 Å². The highest BCUT2D eigenvalue weighted by molar-refractivity contribution is 5.66. The van der Waals surface area contributed by atoms with Crippen LogP contribution in [0.1, 0.15) is 78.6 Å². The lowest BCUT2D eigenvalue weighted by Gasteiger charge is -2.62. The Morgan fingerprint density at radius 1 is 1.11 bits per heavy atom. The smallest absolute Gasteiger partial charge is 0.302 e. The summed E-state index contributed by atoms with van der Waals surface area (Å²) in [5.74, 6) is 2.51. The molecule has 6 nitrogen and oxygen atoms in total. The second-order valence-electron chi connectivity index (χ2n) is 14.6. The molecule has 10 atom stereocenters. The third kappa shape index (κ3) is 4.23. The molecule has 0 spiro atoms. The first-order valence-electron chi connectivity index (χ1n) is 15.9. The third-order valence-electron chi connectivity index (χ3n) is 13.1. The van der Waals surface area contributed by atoms with Gasteiger partial charge in [-0.2, -0.15) is 0 Å². The average molecular weight is 530 g/mol. The number of hydrogen-bond acceptors (Lipinski definition) is 5. The Hall–Kier alpha value is -0.950. The molecule has 0 bridgehead atoms. The third-order valence-corrected chi connectivity index (χ3v) is 13.1. The largest absolute Gasteiger partial charge is 0.461 e. The molecule has 0 aromatic carbocycles. The summed E-state index contributed by atoms with van der Waals surface area (Å²) in [6, 6.07) is 0.666. The lowest BCUT2D eigenvalue weighted by atomic mass is 9.44. The van der Waals surface area contributed by atoms with E-state index in [0.29, 0.717) is 35.8 Å². The minimum Gasteiger partial charge on any atom is -0.461 e. The Labute approximate surface area is 230 Å². The second-order valence-corrected chi connectivity index (χ2v) is 14.6. The molecule has 38 heavy (non-hydrogen) atoms.